The normalized spacial score (nSPS) is 12.2. The third kappa shape index (κ3) is 6.72. The summed E-state index contributed by atoms with van der Waals surface area (Å²) in [6.07, 6.45) is 1.01. The first-order valence-corrected chi connectivity index (χ1v) is 10.6. The Morgan fingerprint density at radius 3 is 2.45 bits per heavy atom. The van der Waals surface area contributed by atoms with Gasteiger partial charge in [0.05, 0.1) is 18.8 Å². The zero-order valence-electron chi connectivity index (χ0n) is 19.1. The number of anilines is 1. The summed E-state index contributed by atoms with van der Waals surface area (Å²) in [5, 5.41) is 10.2. The summed E-state index contributed by atoms with van der Waals surface area (Å²) >= 11 is 6.41. The minimum Gasteiger partial charge on any atom is -0.453 e. The van der Waals surface area contributed by atoms with Gasteiger partial charge in [0, 0.05) is 30.9 Å². The number of carbonyl (C=O) groups excluding carboxylic acids is 2. The molecular formula is C22H27ClN6O4. The summed E-state index contributed by atoms with van der Waals surface area (Å²) < 4.78 is 11.6. The fourth-order valence-corrected chi connectivity index (χ4v) is 3.32. The summed E-state index contributed by atoms with van der Waals surface area (Å²) in [5.41, 5.74) is 1.92. The molecule has 0 radical (unpaired) electrons. The Labute approximate surface area is 196 Å². The van der Waals surface area contributed by atoms with Crippen molar-refractivity contribution in [2.45, 2.75) is 38.8 Å². The second kappa shape index (κ2) is 9.95. The van der Waals surface area contributed by atoms with E-state index >= 15 is 0 Å². The Balaban J connectivity index is 1.79. The number of nitrogens with one attached hydrogen (secondary N) is 3. The third-order valence-electron chi connectivity index (χ3n) is 4.48. The zero-order valence-corrected chi connectivity index (χ0v) is 19.9. The number of methoxy groups -OCH3 is 1. The van der Waals surface area contributed by atoms with Crippen LogP contribution in [0.4, 0.5) is 15.3 Å². The molecule has 0 fully saturated rings. The van der Waals surface area contributed by atoms with Gasteiger partial charge in [-0.1, -0.05) is 23.7 Å². The highest BCUT2D eigenvalue weighted by atomic mass is 35.5. The molecule has 176 valence electrons. The van der Waals surface area contributed by atoms with Crippen molar-refractivity contribution in [2.75, 3.05) is 12.4 Å². The number of H-pyrrole nitrogens is 1. The number of benzene rings is 1. The lowest BCUT2D eigenvalue weighted by Gasteiger charge is -2.22. The topological polar surface area (TPSA) is 123 Å². The summed E-state index contributed by atoms with van der Waals surface area (Å²) in [6, 6.07) is 8.34. The second-order valence-corrected chi connectivity index (χ2v) is 8.74. The molecule has 2 aromatic heterocycles. The molecular weight excluding hydrogens is 448 g/mol. The molecule has 2 heterocycles. The molecule has 2 amide bonds. The molecule has 0 bridgehead atoms. The second-order valence-electron chi connectivity index (χ2n) is 8.36. The smallest absolute Gasteiger partial charge is 0.411 e. The van der Waals surface area contributed by atoms with Gasteiger partial charge in [-0.3, -0.25) is 10.00 Å². The highest BCUT2D eigenvalue weighted by Crippen LogP contribution is 2.28. The molecule has 0 saturated heterocycles. The van der Waals surface area contributed by atoms with Crippen LogP contribution in [0.5, 0.6) is 0 Å². The Hall–Kier alpha value is -3.53. The van der Waals surface area contributed by atoms with E-state index in [0.29, 0.717) is 34.5 Å². The molecule has 0 spiro atoms. The molecule has 0 aliphatic heterocycles. The van der Waals surface area contributed by atoms with Crippen LogP contribution in [-0.4, -0.2) is 44.6 Å². The lowest BCUT2D eigenvalue weighted by Crippen LogP contribution is -2.36. The number of aryl methyl sites for hydroxylation is 1. The van der Waals surface area contributed by atoms with E-state index in [2.05, 4.69) is 30.4 Å². The summed E-state index contributed by atoms with van der Waals surface area (Å²) in [5.74, 6) is 0.568. The number of aromatic amines is 1. The fourth-order valence-electron chi connectivity index (χ4n) is 3.06. The molecule has 10 nitrogen and oxygen atoms in total. The van der Waals surface area contributed by atoms with E-state index in [-0.39, 0.29) is 0 Å². The van der Waals surface area contributed by atoms with Crippen LogP contribution in [0.25, 0.3) is 11.3 Å². The van der Waals surface area contributed by atoms with Crippen molar-refractivity contribution in [3.05, 3.63) is 53.2 Å². The highest BCUT2D eigenvalue weighted by Gasteiger charge is 2.24. The summed E-state index contributed by atoms with van der Waals surface area (Å²) in [7, 11) is 3.10. The SMILES string of the molecule is COC(=O)Nc1ccc(-c2nc(CC(NC(=O)OC(C)(C)C)c3ccn(C)n3)[nH]c2Cl)cc1. The van der Waals surface area contributed by atoms with E-state index in [0.717, 1.165) is 5.56 Å². The highest BCUT2D eigenvalue weighted by molar-refractivity contribution is 6.31. The number of carbonyl (C=O) groups is 2. The monoisotopic (exact) mass is 474 g/mol. The zero-order chi connectivity index (χ0) is 24.2. The molecule has 3 aromatic rings. The van der Waals surface area contributed by atoms with Gasteiger partial charge in [0.25, 0.3) is 0 Å². The van der Waals surface area contributed by atoms with Crippen LogP contribution in [-0.2, 0) is 22.9 Å². The molecule has 3 N–H and O–H groups in total. The van der Waals surface area contributed by atoms with Gasteiger partial charge in [-0.2, -0.15) is 5.10 Å². The van der Waals surface area contributed by atoms with Crippen molar-refractivity contribution in [2.24, 2.45) is 7.05 Å². The Morgan fingerprint density at radius 2 is 1.88 bits per heavy atom. The quantitative estimate of drug-likeness (QED) is 0.485. The molecule has 1 atom stereocenters. The number of amides is 2. The van der Waals surface area contributed by atoms with Crippen LogP contribution in [0.3, 0.4) is 0 Å². The molecule has 0 aliphatic rings. The van der Waals surface area contributed by atoms with Crippen LogP contribution < -0.4 is 10.6 Å². The number of imidazole rings is 1. The minimum absolute atomic E-state index is 0.317. The first-order chi connectivity index (χ1) is 15.5. The number of hydrogen-bond donors (Lipinski definition) is 3. The predicted octanol–water partition coefficient (Wildman–Crippen LogP) is 4.45. The molecule has 3 rings (SSSR count). The van der Waals surface area contributed by atoms with Gasteiger partial charge in [0.2, 0.25) is 0 Å². The summed E-state index contributed by atoms with van der Waals surface area (Å²) in [6.45, 7) is 5.40. The Morgan fingerprint density at radius 1 is 1.18 bits per heavy atom. The van der Waals surface area contributed by atoms with Crippen molar-refractivity contribution in [3.63, 3.8) is 0 Å². The number of halogens is 1. The first-order valence-electron chi connectivity index (χ1n) is 10.2. The average Bonchev–Trinajstić information content (AvgIpc) is 3.32. The lowest BCUT2D eigenvalue weighted by atomic mass is 10.1. The van der Waals surface area contributed by atoms with Gasteiger partial charge < -0.3 is 19.8 Å². The fraction of sp³-hybridized carbons (Fsp3) is 0.364. The molecule has 1 unspecified atom stereocenters. The van der Waals surface area contributed by atoms with Crippen LogP contribution >= 0.6 is 11.6 Å². The van der Waals surface area contributed by atoms with Gasteiger partial charge in [-0.15, -0.1) is 0 Å². The maximum atomic E-state index is 12.4. The number of alkyl carbamates (subject to hydrolysis) is 1. The number of ether oxygens (including phenoxy) is 2. The van der Waals surface area contributed by atoms with E-state index in [1.165, 1.54) is 7.11 Å². The van der Waals surface area contributed by atoms with Crippen molar-refractivity contribution in [1.82, 2.24) is 25.1 Å². The molecule has 0 saturated carbocycles. The Kier molecular flexibility index (Phi) is 7.27. The van der Waals surface area contributed by atoms with Crippen molar-refractivity contribution < 1.29 is 19.1 Å². The van der Waals surface area contributed by atoms with Gasteiger partial charge in [0.1, 0.15) is 22.3 Å². The van der Waals surface area contributed by atoms with Crippen molar-refractivity contribution >= 4 is 29.5 Å². The number of aromatic nitrogens is 4. The van der Waals surface area contributed by atoms with E-state index in [4.69, 9.17) is 16.3 Å². The van der Waals surface area contributed by atoms with Gasteiger partial charge in [-0.05, 0) is 39.0 Å². The van der Waals surface area contributed by atoms with Gasteiger partial charge in [0.15, 0.2) is 0 Å². The molecule has 0 aliphatic carbocycles. The van der Waals surface area contributed by atoms with Crippen molar-refractivity contribution in [3.8, 4) is 11.3 Å². The number of nitrogens with zero attached hydrogens (tertiary/aromatic N) is 3. The van der Waals surface area contributed by atoms with Crippen LogP contribution in [0.2, 0.25) is 5.15 Å². The average molecular weight is 475 g/mol. The number of hydrogen-bond acceptors (Lipinski definition) is 6. The molecule has 33 heavy (non-hydrogen) atoms. The predicted molar refractivity (Wildman–Crippen MR) is 124 cm³/mol. The van der Waals surface area contributed by atoms with Crippen LogP contribution in [0.1, 0.15) is 38.3 Å². The first kappa shape index (κ1) is 24.1. The van der Waals surface area contributed by atoms with E-state index in [9.17, 15) is 9.59 Å². The lowest BCUT2D eigenvalue weighted by molar-refractivity contribution is 0.0501. The molecule has 1 aromatic carbocycles. The van der Waals surface area contributed by atoms with E-state index in [1.54, 1.807) is 63.0 Å². The Bertz CT molecular complexity index is 1120. The van der Waals surface area contributed by atoms with Crippen LogP contribution in [0.15, 0.2) is 36.5 Å². The maximum Gasteiger partial charge on any atom is 0.411 e. The summed E-state index contributed by atoms with van der Waals surface area (Å²) in [4.78, 5) is 31.4. The third-order valence-corrected chi connectivity index (χ3v) is 4.75. The standard InChI is InChI=1S/C22H27ClN6O4/c1-22(2,3)33-21(31)25-16(15-10-11-29(4)28-15)12-17-26-18(19(23)27-17)13-6-8-14(9-7-13)24-20(30)32-5/h6-11,16H,12H2,1-5H3,(H,24,30)(H,25,31)(H,26,27). The van der Waals surface area contributed by atoms with Gasteiger partial charge in [-0.25, -0.2) is 14.6 Å². The van der Waals surface area contributed by atoms with Crippen molar-refractivity contribution in [1.29, 1.82) is 0 Å². The van der Waals surface area contributed by atoms with Gasteiger partial charge >= 0.3 is 12.2 Å². The van der Waals surface area contributed by atoms with E-state index in [1.807, 2.05) is 6.07 Å². The maximum absolute atomic E-state index is 12.4. The van der Waals surface area contributed by atoms with E-state index < -0.39 is 23.8 Å². The number of rotatable bonds is 6. The molecule has 11 heteroatoms. The largest absolute Gasteiger partial charge is 0.453 e. The minimum atomic E-state index is -0.630. The van der Waals surface area contributed by atoms with Crippen LogP contribution in [0, 0.1) is 0 Å².